The minimum Gasteiger partial charge on any atom is -0.462 e. The van der Waals surface area contributed by atoms with Crippen molar-refractivity contribution in [2.45, 2.75) is 24.0 Å². The topological polar surface area (TPSA) is 55.4 Å². The molecule has 0 saturated heterocycles. The van der Waals surface area contributed by atoms with Crippen molar-refractivity contribution in [1.82, 2.24) is 0 Å². The summed E-state index contributed by atoms with van der Waals surface area (Å²) in [4.78, 5) is 24.8. The van der Waals surface area contributed by atoms with E-state index in [2.05, 4.69) is 5.32 Å². The number of benzene rings is 2. The molecule has 1 amide bonds. The Kier molecular flexibility index (Phi) is 6.23. The third kappa shape index (κ3) is 5.14. The van der Waals surface area contributed by atoms with Gasteiger partial charge in [0.1, 0.15) is 0 Å². The predicted molar refractivity (Wildman–Crippen MR) is 92.8 cm³/mol. The van der Waals surface area contributed by atoms with E-state index in [1.165, 1.54) is 11.8 Å². The fourth-order valence-electron chi connectivity index (χ4n) is 1.90. The predicted octanol–water partition coefficient (Wildman–Crippen LogP) is 3.98. The minimum absolute atomic E-state index is 0.0808. The Hall–Kier alpha value is -2.27. The second-order valence-corrected chi connectivity index (χ2v) is 6.27. The molecule has 1 atom stereocenters. The largest absolute Gasteiger partial charge is 0.462 e. The molecule has 0 radical (unpaired) electrons. The lowest BCUT2D eigenvalue weighted by atomic mass is 10.2. The van der Waals surface area contributed by atoms with Gasteiger partial charge >= 0.3 is 5.97 Å². The summed E-state index contributed by atoms with van der Waals surface area (Å²) >= 11 is 1.50. The molecule has 2 rings (SSSR count). The molecule has 0 fully saturated rings. The van der Waals surface area contributed by atoms with Gasteiger partial charge in [-0.15, -0.1) is 11.8 Å². The SMILES string of the molecule is CCOC(=O)c1ccc(NC(=O)C(C)Sc2ccccc2)cc1. The maximum Gasteiger partial charge on any atom is 0.338 e. The van der Waals surface area contributed by atoms with Gasteiger partial charge in [0.15, 0.2) is 0 Å². The zero-order chi connectivity index (χ0) is 16.7. The molecule has 0 aliphatic heterocycles. The first-order valence-electron chi connectivity index (χ1n) is 7.40. The Morgan fingerprint density at radius 3 is 2.35 bits per heavy atom. The highest BCUT2D eigenvalue weighted by atomic mass is 32.2. The van der Waals surface area contributed by atoms with Crippen LogP contribution in [0.1, 0.15) is 24.2 Å². The van der Waals surface area contributed by atoms with Gasteiger partial charge in [-0.2, -0.15) is 0 Å². The van der Waals surface area contributed by atoms with E-state index < -0.39 is 0 Å². The molecule has 0 aromatic heterocycles. The summed E-state index contributed by atoms with van der Waals surface area (Å²) in [6.07, 6.45) is 0. The van der Waals surface area contributed by atoms with Gasteiger partial charge in [0.05, 0.1) is 17.4 Å². The maximum absolute atomic E-state index is 12.2. The number of carbonyl (C=O) groups excluding carboxylic acids is 2. The van der Waals surface area contributed by atoms with Crippen LogP contribution in [0.3, 0.4) is 0 Å². The molecule has 0 aliphatic carbocycles. The number of ether oxygens (including phenoxy) is 1. The van der Waals surface area contributed by atoms with Crippen molar-refractivity contribution in [2.75, 3.05) is 11.9 Å². The van der Waals surface area contributed by atoms with Crippen molar-refractivity contribution in [2.24, 2.45) is 0 Å². The van der Waals surface area contributed by atoms with Crippen molar-refractivity contribution >= 4 is 29.3 Å². The molecular formula is C18H19NO3S. The molecule has 2 aromatic rings. The zero-order valence-electron chi connectivity index (χ0n) is 13.1. The number of nitrogens with one attached hydrogen (secondary N) is 1. The van der Waals surface area contributed by atoms with Crippen LogP contribution in [-0.4, -0.2) is 23.7 Å². The Morgan fingerprint density at radius 1 is 1.09 bits per heavy atom. The van der Waals surface area contributed by atoms with Crippen LogP contribution < -0.4 is 5.32 Å². The van der Waals surface area contributed by atoms with Crippen LogP contribution >= 0.6 is 11.8 Å². The van der Waals surface area contributed by atoms with Gasteiger partial charge in [0.25, 0.3) is 0 Å². The highest BCUT2D eigenvalue weighted by Crippen LogP contribution is 2.23. The van der Waals surface area contributed by atoms with E-state index in [-0.39, 0.29) is 17.1 Å². The van der Waals surface area contributed by atoms with Crippen molar-refractivity contribution in [3.63, 3.8) is 0 Å². The molecule has 0 spiro atoms. The molecule has 4 nitrogen and oxygen atoms in total. The van der Waals surface area contributed by atoms with E-state index >= 15 is 0 Å². The molecule has 2 aromatic carbocycles. The number of hydrogen-bond donors (Lipinski definition) is 1. The van der Waals surface area contributed by atoms with E-state index in [0.717, 1.165) is 4.90 Å². The number of anilines is 1. The summed E-state index contributed by atoms with van der Waals surface area (Å²) < 4.78 is 4.92. The normalized spacial score (nSPS) is 11.6. The van der Waals surface area contributed by atoms with Crippen molar-refractivity contribution in [3.8, 4) is 0 Å². The lowest BCUT2D eigenvalue weighted by Gasteiger charge is -2.12. The summed E-state index contributed by atoms with van der Waals surface area (Å²) in [5.74, 6) is -0.443. The van der Waals surface area contributed by atoms with E-state index in [1.807, 2.05) is 37.3 Å². The number of rotatable bonds is 6. The Labute approximate surface area is 140 Å². The average Bonchev–Trinajstić information content (AvgIpc) is 2.56. The monoisotopic (exact) mass is 329 g/mol. The number of esters is 1. The van der Waals surface area contributed by atoms with E-state index in [9.17, 15) is 9.59 Å². The zero-order valence-corrected chi connectivity index (χ0v) is 13.9. The Balaban J connectivity index is 1.93. The van der Waals surface area contributed by atoms with Crippen LogP contribution in [-0.2, 0) is 9.53 Å². The molecule has 0 saturated carbocycles. The molecule has 23 heavy (non-hydrogen) atoms. The number of carbonyl (C=O) groups is 2. The van der Waals surface area contributed by atoms with Gasteiger partial charge in [-0.25, -0.2) is 4.79 Å². The van der Waals surface area contributed by atoms with Crippen molar-refractivity contribution in [3.05, 3.63) is 60.2 Å². The maximum atomic E-state index is 12.2. The van der Waals surface area contributed by atoms with Crippen LogP contribution in [0.4, 0.5) is 5.69 Å². The second kappa shape index (κ2) is 8.39. The van der Waals surface area contributed by atoms with Crippen LogP contribution in [0.25, 0.3) is 0 Å². The standard InChI is InChI=1S/C18H19NO3S/c1-3-22-18(21)14-9-11-15(12-10-14)19-17(20)13(2)23-16-7-5-4-6-8-16/h4-13H,3H2,1-2H3,(H,19,20). The molecule has 1 N–H and O–H groups in total. The average molecular weight is 329 g/mol. The van der Waals surface area contributed by atoms with E-state index in [1.54, 1.807) is 31.2 Å². The third-order valence-electron chi connectivity index (χ3n) is 3.09. The second-order valence-electron chi connectivity index (χ2n) is 4.86. The molecule has 0 aliphatic rings. The van der Waals surface area contributed by atoms with Gasteiger partial charge < -0.3 is 10.1 Å². The van der Waals surface area contributed by atoms with Crippen LogP contribution in [0.15, 0.2) is 59.5 Å². The van der Waals surface area contributed by atoms with E-state index in [0.29, 0.717) is 17.9 Å². The quantitative estimate of drug-likeness (QED) is 0.643. The first kappa shape index (κ1) is 17.1. The highest BCUT2D eigenvalue weighted by molar-refractivity contribution is 8.00. The first-order valence-corrected chi connectivity index (χ1v) is 8.28. The lowest BCUT2D eigenvalue weighted by molar-refractivity contribution is -0.115. The Morgan fingerprint density at radius 2 is 1.74 bits per heavy atom. The number of thioether (sulfide) groups is 1. The summed E-state index contributed by atoms with van der Waals surface area (Å²) in [7, 11) is 0. The fourth-order valence-corrected chi connectivity index (χ4v) is 2.79. The van der Waals surface area contributed by atoms with Crippen LogP contribution in [0.2, 0.25) is 0 Å². The highest BCUT2D eigenvalue weighted by Gasteiger charge is 2.14. The van der Waals surface area contributed by atoms with Crippen molar-refractivity contribution < 1.29 is 14.3 Å². The summed E-state index contributed by atoms with van der Waals surface area (Å²) in [5, 5.41) is 2.63. The summed E-state index contributed by atoms with van der Waals surface area (Å²) in [5.41, 5.74) is 1.13. The molecule has 5 heteroatoms. The summed E-state index contributed by atoms with van der Waals surface area (Å²) in [6, 6.07) is 16.5. The van der Waals surface area contributed by atoms with Crippen LogP contribution in [0, 0.1) is 0 Å². The van der Waals surface area contributed by atoms with Crippen LogP contribution in [0.5, 0.6) is 0 Å². The fraction of sp³-hybridized carbons (Fsp3) is 0.222. The van der Waals surface area contributed by atoms with Gasteiger partial charge in [0.2, 0.25) is 5.91 Å². The smallest absolute Gasteiger partial charge is 0.338 e. The Bertz CT molecular complexity index is 656. The first-order chi connectivity index (χ1) is 11.1. The van der Waals surface area contributed by atoms with Gasteiger partial charge in [-0.1, -0.05) is 18.2 Å². The van der Waals surface area contributed by atoms with Crippen molar-refractivity contribution in [1.29, 1.82) is 0 Å². The van der Waals surface area contributed by atoms with E-state index in [4.69, 9.17) is 4.74 Å². The third-order valence-corrected chi connectivity index (χ3v) is 4.20. The minimum atomic E-state index is -0.363. The molecule has 1 unspecified atom stereocenters. The van der Waals surface area contributed by atoms with Gasteiger partial charge in [0, 0.05) is 10.6 Å². The molecule has 0 heterocycles. The summed E-state index contributed by atoms with van der Waals surface area (Å²) in [6.45, 7) is 3.96. The number of amides is 1. The lowest BCUT2D eigenvalue weighted by Crippen LogP contribution is -2.22. The molecular weight excluding hydrogens is 310 g/mol. The number of hydrogen-bond acceptors (Lipinski definition) is 4. The van der Waals surface area contributed by atoms with Gasteiger partial charge in [-0.3, -0.25) is 4.79 Å². The van der Waals surface area contributed by atoms with Gasteiger partial charge in [-0.05, 0) is 50.2 Å². The molecule has 0 bridgehead atoms. The molecule has 120 valence electrons.